The molecule has 1 aliphatic carbocycles. The summed E-state index contributed by atoms with van der Waals surface area (Å²) in [6.07, 6.45) is 6.76. The average molecular weight is 373 g/mol. The second-order valence-electron chi connectivity index (χ2n) is 6.86. The topological polar surface area (TPSA) is 56.6 Å². The molecule has 1 fully saturated rings. The van der Waals surface area contributed by atoms with Crippen LogP contribution in [0.4, 0.5) is 8.78 Å². The maximum Gasteiger partial charge on any atom is 0.272 e. The number of halogens is 2. The van der Waals surface area contributed by atoms with E-state index in [9.17, 15) is 8.78 Å². The van der Waals surface area contributed by atoms with Crippen molar-refractivity contribution in [1.29, 1.82) is 0 Å². The van der Waals surface area contributed by atoms with Crippen molar-refractivity contribution >= 4 is 5.71 Å². The number of ether oxygens (including phenoxy) is 2. The molecule has 2 aliphatic rings. The minimum Gasteiger partial charge on any atom is -0.493 e. The molecule has 0 N–H and O–H groups in total. The normalized spacial score (nSPS) is 21.3. The summed E-state index contributed by atoms with van der Waals surface area (Å²) in [4.78, 5) is 13.2. The zero-order valence-corrected chi connectivity index (χ0v) is 15.1. The molecule has 0 amide bonds. The Bertz CT molecular complexity index is 843. The van der Waals surface area contributed by atoms with Gasteiger partial charge in [0, 0.05) is 29.4 Å². The van der Waals surface area contributed by atoms with E-state index in [2.05, 4.69) is 9.97 Å². The Morgan fingerprint density at radius 3 is 2.63 bits per heavy atom. The van der Waals surface area contributed by atoms with E-state index in [-0.39, 0.29) is 12.0 Å². The molecule has 0 bridgehead atoms. The number of methoxy groups -OCH3 is 1. The lowest BCUT2D eigenvalue weighted by molar-refractivity contribution is 0.0803. The van der Waals surface area contributed by atoms with Gasteiger partial charge in [0.05, 0.1) is 18.9 Å². The molecule has 2 aromatic rings. The molecule has 1 aliphatic heterocycles. The monoisotopic (exact) mass is 373 g/mol. The third-order valence-electron chi connectivity index (χ3n) is 5.21. The van der Waals surface area contributed by atoms with E-state index in [1.807, 2.05) is 12.1 Å². The number of benzene rings is 1. The highest BCUT2D eigenvalue weighted by atomic mass is 19.3. The molecule has 1 saturated carbocycles. The van der Waals surface area contributed by atoms with Crippen LogP contribution in [0.2, 0.25) is 0 Å². The summed E-state index contributed by atoms with van der Waals surface area (Å²) in [7, 11) is 1.51. The van der Waals surface area contributed by atoms with Crippen LogP contribution < -0.4 is 9.47 Å². The maximum absolute atomic E-state index is 12.6. The van der Waals surface area contributed by atoms with Crippen LogP contribution in [0.1, 0.15) is 48.3 Å². The molecule has 7 heteroatoms. The van der Waals surface area contributed by atoms with Gasteiger partial charge in [0.1, 0.15) is 12.9 Å². The maximum atomic E-state index is 12.6. The third-order valence-corrected chi connectivity index (χ3v) is 5.21. The van der Waals surface area contributed by atoms with Crippen molar-refractivity contribution < 1.29 is 18.3 Å². The van der Waals surface area contributed by atoms with Gasteiger partial charge in [0.15, 0.2) is 11.5 Å². The van der Waals surface area contributed by atoms with Gasteiger partial charge in [-0.3, -0.25) is 4.99 Å². The van der Waals surface area contributed by atoms with Crippen molar-refractivity contribution in [2.45, 2.75) is 44.1 Å². The first-order chi connectivity index (χ1) is 13.2. The van der Waals surface area contributed by atoms with Gasteiger partial charge in [-0.15, -0.1) is 0 Å². The highest BCUT2D eigenvalue weighted by Gasteiger charge is 2.34. The molecule has 2 atom stereocenters. The molecule has 2 heterocycles. The molecular weight excluding hydrogens is 352 g/mol. The van der Waals surface area contributed by atoms with E-state index in [1.165, 1.54) is 13.4 Å². The molecule has 1 aromatic heterocycles. The Balaban J connectivity index is 1.83. The SMILES string of the molecule is COc1cc2c(cc1OCC(F)F)[C@H]1CCCC[C@H]1N=C2c1cncnc1. The molecule has 0 unspecified atom stereocenters. The van der Waals surface area contributed by atoms with Gasteiger partial charge in [-0.05, 0) is 30.5 Å². The lowest BCUT2D eigenvalue weighted by atomic mass is 9.75. The van der Waals surface area contributed by atoms with Gasteiger partial charge in [-0.2, -0.15) is 0 Å². The molecule has 0 radical (unpaired) electrons. The quantitative estimate of drug-likeness (QED) is 0.795. The standard InChI is InChI=1S/C20H21F2N3O2/c1-26-17-7-15-14(6-18(17)27-10-19(21)22)13-4-2-3-5-16(13)25-20(15)12-8-23-11-24-9-12/h6-9,11,13,16,19H,2-5,10H2,1H3/t13-,16-/m1/s1. The summed E-state index contributed by atoms with van der Waals surface area (Å²) >= 11 is 0. The van der Waals surface area contributed by atoms with Crippen molar-refractivity contribution in [2.24, 2.45) is 4.99 Å². The Hall–Kier alpha value is -2.57. The van der Waals surface area contributed by atoms with Crippen molar-refractivity contribution in [3.05, 3.63) is 47.5 Å². The Morgan fingerprint density at radius 2 is 1.89 bits per heavy atom. The highest BCUT2D eigenvalue weighted by molar-refractivity contribution is 6.14. The zero-order valence-electron chi connectivity index (χ0n) is 15.1. The molecule has 1 aromatic carbocycles. The minimum absolute atomic E-state index is 0.179. The van der Waals surface area contributed by atoms with Gasteiger partial charge in [-0.25, -0.2) is 18.7 Å². The van der Waals surface area contributed by atoms with Crippen LogP contribution in [0.25, 0.3) is 0 Å². The fourth-order valence-electron chi connectivity index (χ4n) is 4.03. The molecule has 4 rings (SSSR count). The van der Waals surface area contributed by atoms with Gasteiger partial charge in [0.2, 0.25) is 0 Å². The summed E-state index contributed by atoms with van der Waals surface area (Å²) in [6, 6.07) is 3.88. The zero-order chi connectivity index (χ0) is 18.8. The molecule has 0 saturated heterocycles. The van der Waals surface area contributed by atoms with Gasteiger partial charge in [0.25, 0.3) is 6.43 Å². The van der Waals surface area contributed by atoms with Crippen molar-refractivity contribution in [1.82, 2.24) is 9.97 Å². The number of hydrogen-bond acceptors (Lipinski definition) is 5. The summed E-state index contributed by atoms with van der Waals surface area (Å²) in [5.41, 5.74) is 3.69. The van der Waals surface area contributed by atoms with Gasteiger partial charge in [-0.1, -0.05) is 12.8 Å². The predicted octanol–water partition coefficient (Wildman–Crippen LogP) is 4.01. The number of alkyl halides is 2. The average Bonchev–Trinajstić information content (AvgIpc) is 2.71. The van der Waals surface area contributed by atoms with Gasteiger partial charge < -0.3 is 9.47 Å². The van der Waals surface area contributed by atoms with Crippen molar-refractivity contribution in [3.8, 4) is 11.5 Å². The second kappa shape index (κ2) is 7.58. The Kier molecular flexibility index (Phi) is 5.01. The number of aliphatic imine (C=N–C) groups is 1. The van der Waals surface area contributed by atoms with Crippen LogP contribution >= 0.6 is 0 Å². The van der Waals surface area contributed by atoms with Crippen LogP contribution in [0.15, 0.2) is 35.8 Å². The fraction of sp³-hybridized carbons (Fsp3) is 0.450. The smallest absolute Gasteiger partial charge is 0.272 e. The number of aromatic nitrogens is 2. The summed E-state index contributed by atoms with van der Waals surface area (Å²) in [5, 5.41) is 0. The van der Waals surface area contributed by atoms with E-state index in [0.29, 0.717) is 11.5 Å². The van der Waals surface area contributed by atoms with Crippen molar-refractivity contribution in [2.75, 3.05) is 13.7 Å². The van der Waals surface area contributed by atoms with Gasteiger partial charge >= 0.3 is 0 Å². The first-order valence-corrected chi connectivity index (χ1v) is 9.14. The van der Waals surface area contributed by atoms with Crippen LogP contribution in [0.5, 0.6) is 11.5 Å². The summed E-state index contributed by atoms with van der Waals surface area (Å²) in [5.74, 6) is 1.04. The predicted molar refractivity (Wildman–Crippen MR) is 97.2 cm³/mol. The Morgan fingerprint density at radius 1 is 1.11 bits per heavy atom. The van der Waals surface area contributed by atoms with Crippen LogP contribution in [-0.2, 0) is 0 Å². The van der Waals surface area contributed by atoms with E-state index in [4.69, 9.17) is 14.5 Å². The molecular formula is C20H21F2N3O2. The second-order valence-corrected chi connectivity index (χ2v) is 6.86. The first-order valence-electron chi connectivity index (χ1n) is 9.14. The van der Waals surface area contributed by atoms with Crippen molar-refractivity contribution in [3.63, 3.8) is 0 Å². The number of fused-ring (bicyclic) bond motifs is 3. The van der Waals surface area contributed by atoms with Crippen LogP contribution in [-0.4, -0.2) is 41.9 Å². The molecule has 5 nitrogen and oxygen atoms in total. The summed E-state index contributed by atoms with van der Waals surface area (Å²) < 4.78 is 36.0. The number of nitrogens with zero attached hydrogens (tertiary/aromatic N) is 3. The lowest BCUT2D eigenvalue weighted by Crippen LogP contribution is -2.29. The van der Waals surface area contributed by atoms with Crippen LogP contribution in [0.3, 0.4) is 0 Å². The Labute approximate surface area is 156 Å². The minimum atomic E-state index is -2.54. The number of rotatable bonds is 5. The molecule has 142 valence electrons. The summed E-state index contributed by atoms with van der Waals surface area (Å²) in [6.45, 7) is -0.656. The fourth-order valence-corrected chi connectivity index (χ4v) is 4.03. The lowest BCUT2D eigenvalue weighted by Gasteiger charge is -2.35. The molecule has 27 heavy (non-hydrogen) atoms. The van der Waals surface area contributed by atoms with E-state index < -0.39 is 13.0 Å². The third kappa shape index (κ3) is 3.50. The van der Waals surface area contributed by atoms with E-state index in [0.717, 1.165) is 48.1 Å². The number of hydrogen-bond donors (Lipinski definition) is 0. The van der Waals surface area contributed by atoms with E-state index >= 15 is 0 Å². The largest absolute Gasteiger partial charge is 0.493 e. The highest BCUT2D eigenvalue weighted by Crippen LogP contribution is 2.44. The van der Waals surface area contributed by atoms with E-state index in [1.54, 1.807) is 12.4 Å². The molecule has 0 spiro atoms. The first kappa shape index (κ1) is 17.8. The van der Waals surface area contributed by atoms with Crippen LogP contribution in [0, 0.1) is 0 Å².